The number of benzene rings is 1. The Labute approximate surface area is 130 Å². The Kier molecular flexibility index (Phi) is 5.26. The molecule has 1 aromatic heterocycles. The topological polar surface area (TPSA) is 30.5 Å². The van der Waals surface area contributed by atoms with Crippen LogP contribution in [0.25, 0.3) is 10.4 Å². The van der Waals surface area contributed by atoms with Gasteiger partial charge < -0.3 is 14.8 Å². The summed E-state index contributed by atoms with van der Waals surface area (Å²) in [6, 6.07) is 8.90. The molecule has 0 spiro atoms. The van der Waals surface area contributed by atoms with Crippen LogP contribution in [0.4, 0.5) is 0 Å². The van der Waals surface area contributed by atoms with Crippen LogP contribution in [0, 0.1) is 6.92 Å². The molecule has 0 aliphatic rings. The molecule has 0 saturated carbocycles. The van der Waals surface area contributed by atoms with Crippen LogP contribution in [0.15, 0.2) is 24.3 Å². The van der Waals surface area contributed by atoms with Crippen LogP contribution in [0.1, 0.15) is 24.3 Å². The molecule has 1 aromatic carbocycles. The summed E-state index contributed by atoms with van der Waals surface area (Å²) >= 11 is 1.80. The molecule has 2 rings (SSSR count). The Morgan fingerprint density at radius 1 is 1.10 bits per heavy atom. The highest BCUT2D eigenvalue weighted by atomic mass is 32.1. The average molecular weight is 305 g/mol. The summed E-state index contributed by atoms with van der Waals surface area (Å²) in [6.45, 7) is 7.23. The molecule has 0 unspecified atom stereocenters. The van der Waals surface area contributed by atoms with Gasteiger partial charge in [0.05, 0.1) is 14.2 Å². The van der Waals surface area contributed by atoms with Crippen LogP contribution < -0.4 is 14.8 Å². The Bertz CT molecular complexity index is 605. The normalized spacial score (nSPS) is 11.0. The van der Waals surface area contributed by atoms with E-state index >= 15 is 0 Å². The Morgan fingerprint density at radius 3 is 2.29 bits per heavy atom. The molecule has 0 bridgehead atoms. The molecule has 114 valence electrons. The second kappa shape index (κ2) is 6.96. The lowest BCUT2D eigenvalue weighted by Crippen LogP contribution is -2.22. The van der Waals surface area contributed by atoms with Crippen LogP contribution in [-0.4, -0.2) is 20.3 Å². The van der Waals surface area contributed by atoms with Crippen LogP contribution in [0.2, 0.25) is 0 Å². The van der Waals surface area contributed by atoms with Crippen LogP contribution in [0.5, 0.6) is 11.5 Å². The van der Waals surface area contributed by atoms with Gasteiger partial charge in [0.15, 0.2) is 11.5 Å². The molecule has 1 heterocycles. The molecule has 0 amide bonds. The maximum Gasteiger partial charge on any atom is 0.161 e. The highest BCUT2D eigenvalue weighted by Gasteiger charge is 2.14. The van der Waals surface area contributed by atoms with Gasteiger partial charge in [0.25, 0.3) is 0 Å². The fourth-order valence-corrected chi connectivity index (χ4v) is 3.11. The van der Waals surface area contributed by atoms with Gasteiger partial charge in [0, 0.05) is 27.9 Å². The molecule has 3 nitrogen and oxygen atoms in total. The van der Waals surface area contributed by atoms with Crippen molar-refractivity contribution >= 4 is 11.3 Å². The summed E-state index contributed by atoms with van der Waals surface area (Å²) in [7, 11) is 3.35. The number of ether oxygens (including phenoxy) is 2. The van der Waals surface area contributed by atoms with Gasteiger partial charge in [-0.1, -0.05) is 13.8 Å². The first-order chi connectivity index (χ1) is 10.0. The van der Waals surface area contributed by atoms with Crippen LogP contribution >= 0.6 is 11.3 Å². The third-order valence-corrected chi connectivity index (χ3v) is 4.35. The minimum Gasteiger partial charge on any atom is -0.493 e. The fourth-order valence-electron chi connectivity index (χ4n) is 2.19. The van der Waals surface area contributed by atoms with Crippen molar-refractivity contribution in [2.45, 2.75) is 33.4 Å². The highest BCUT2D eigenvalue weighted by Crippen LogP contribution is 2.38. The predicted molar refractivity (Wildman–Crippen MR) is 89.6 cm³/mol. The van der Waals surface area contributed by atoms with Gasteiger partial charge in [-0.3, -0.25) is 0 Å². The maximum atomic E-state index is 5.44. The van der Waals surface area contributed by atoms with Crippen LogP contribution in [0.3, 0.4) is 0 Å². The first-order valence-electron chi connectivity index (χ1n) is 7.10. The number of hydrogen-bond donors (Lipinski definition) is 1. The van der Waals surface area contributed by atoms with Gasteiger partial charge in [-0.2, -0.15) is 0 Å². The van der Waals surface area contributed by atoms with E-state index in [1.165, 1.54) is 20.9 Å². The van der Waals surface area contributed by atoms with E-state index in [0.717, 1.165) is 18.0 Å². The summed E-state index contributed by atoms with van der Waals surface area (Å²) in [6.07, 6.45) is 0. The quantitative estimate of drug-likeness (QED) is 0.866. The lowest BCUT2D eigenvalue weighted by Gasteiger charge is -2.16. The molecule has 0 fully saturated rings. The van der Waals surface area contributed by atoms with E-state index in [1.54, 1.807) is 25.6 Å². The first kappa shape index (κ1) is 15.9. The van der Waals surface area contributed by atoms with Crippen LogP contribution in [-0.2, 0) is 6.54 Å². The third kappa shape index (κ3) is 3.77. The summed E-state index contributed by atoms with van der Waals surface area (Å²) < 4.78 is 10.9. The molecule has 21 heavy (non-hydrogen) atoms. The smallest absolute Gasteiger partial charge is 0.161 e. The summed E-state index contributed by atoms with van der Waals surface area (Å²) in [4.78, 5) is 2.57. The molecule has 0 atom stereocenters. The van der Waals surface area contributed by atoms with Crippen molar-refractivity contribution in [1.82, 2.24) is 5.32 Å². The van der Waals surface area contributed by atoms with Gasteiger partial charge >= 0.3 is 0 Å². The van der Waals surface area contributed by atoms with Crippen molar-refractivity contribution in [3.63, 3.8) is 0 Å². The maximum absolute atomic E-state index is 5.44. The van der Waals surface area contributed by atoms with Crippen molar-refractivity contribution < 1.29 is 9.47 Å². The van der Waals surface area contributed by atoms with Crippen molar-refractivity contribution in [2.24, 2.45) is 0 Å². The highest BCUT2D eigenvalue weighted by molar-refractivity contribution is 7.15. The summed E-state index contributed by atoms with van der Waals surface area (Å²) in [5, 5.41) is 3.48. The van der Waals surface area contributed by atoms with E-state index in [0.29, 0.717) is 6.04 Å². The first-order valence-corrected chi connectivity index (χ1v) is 7.92. The number of aryl methyl sites for hydroxylation is 1. The minimum atomic E-state index is 0.441. The Balaban J connectivity index is 2.48. The van der Waals surface area contributed by atoms with Gasteiger partial charge in [-0.15, -0.1) is 11.3 Å². The number of methoxy groups -OCH3 is 2. The molecule has 0 aliphatic carbocycles. The van der Waals surface area contributed by atoms with Gasteiger partial charge in [-0.05, 0) is 36.8 Å². The molecular weight excluding hydrogens is 282 g/mol. The van der Waals surface area contributed by atoms with Crippen molar-refractivity contribution in [1.29, 1.82) is 0 Å². The molecule has 0 radical (unpaired) electrons. The predicted octanol–water partition coefficient (Wildman–Crippen LogP) is 4.24. The second-order valence-corrected chi connectivity index (χ2v) is 6.60. The average Bonchev–Trinajstić information content (AvgIpc) is 2.90. The largest absolute Gasteiger partial charge is 0.493 e. The fraction of sp³-hybridized carbons (Fsp3) is 0.412. The molecule has 0 aliphatic heterocycles. The van der Waals surface area contributed by atoms with Gasteiger partial charge in [0.1, 0.15) is 0 Å². The number of hydrogen-bond acceptors (Lipinski definition) is 4. The molecule has 1 N–H and O–H groups in total. The SMILES string of the molecule is COc1cc(CNC(C)C)c(-c2ccc(C)s2)cc1OC. The van der Waals surface area contributed by atoms with E-state index in [1.807, 2.05) is 0 Å². The Morgan fingerprint density at radius 2 is 1.76 bits per heavy atom. The van der Waals surface area contributed by atoms with Gasteiger partial charge in [0.2, 0.25) is 0 Å². The number of rotatable bonds is 6. The molecule has 0 saturated heterocycles. The number of thiophene rings is 1. The zero-order chi connectivity index (χ0) is 15.4. The molecule has 2 aromatic rings. The summed E-state index contributed by atoms with van der Waals surface area (Å²) in [5.74, 6) is 1.54. The standard InChI is InChI=1S/C17H23NO2S/c1-11(2)18-10-13-8-15(19-4)16(20-5)9-14(13)17-7-6-12(3)21-17/h6-9,11,18H,10H2,1-5H3. The molecular formula is C17H23NO2S. The second-order valence-electron chi connectivity index (χ2n) is 5.31. The van der Waals surface area contributed by atoms with Gasteiger partial charge in [-0.25, -0.2) is 0 Å². The van der Waals surface area contributed by atoms with E-state index < -0.39 is 0 Å². The molecule has 4 heteroatoms. The monoisotopic (exact) mass is 305 g/mol. The van der Waals surface area contributed by atoms with E-state index in [9.17, 15) is 0 Å². The third-order valence-electron chi connectivity index (χ3n) is 3.32. The number of nitrogens with one attached hydrogen (secondary N) is 1. The summed E-state index contributed by atoms with van der Waals surface area (Å²) in [5.41, 5.74) is 2.43. The zero-order valence-corrected chi connectivity index (χ0v) is 14.1. The minimum absolute atomic E-state index is 0.441. The Hall–Kier alpha value is -1.52. The van der Waals surface area contributed by atoms with E-state index in [-0.39, 0.29) is 0 Å². The van der Waals surface area contributed by atoms with E-state index in [2.05, 4.69) is 50.4 Å². The van der Waals surface area contributed by atoms with E-state index in [4.69, 9.17) is 9.47 Å². The lowest BCUT2D eigenvalue weighted by atomic mass is 10.0. The lowest BCUT2D eigenvalue weighted by molar-refractivity contribution is 0.354. The zero-order valence-electron chi connectivity index (χ0n) is 13.3. The van der Waals surface area contributed by atoms with Crippen molar-refractivity contribution in [2.75, 3.05) is 14.2 Å². The van der Waals surface area contributed by atoms with Crippen molar-refractivity contribution in [3.8, 4) is 21.9 Å². The van der Waals surface area contributed by atoms with Crippen molar-refractivity contribution in [3.05, 3.63) is 34.7 Å².